The molecular formula is C25H26F3N7O2. The molecule has 0 spiro atoms. The molecule has 0 unspecified atom stereocenters. The molecule has 2 bridgehead atoms. The van der Waals surface area contributed by atoms with Gasteiger partial charge in [-0.1, -0.05) is 0 Å². The highest BCUT2D eigenvalue weighted by molar-refractivity contribution is 5.75. The molecule has 4 aromatic heterocycles. The fourth-order valence-corrected chi connectivity index (χ4v) is 5.08. The Labute approximate surface area is 210 Å². The number of pyridine rings is 2. The van der Waals surface area contributed by atoms with E-state index in [0.29, 0.717) is 36.9 Å². The van der Waals surface area contributed by atoms with Gasteiger partial charge in [-0.3, -0.25) is 9.67 Å². The van der Waals surface area contributed by atoms with Gasteiger partial charge in [-0.05, 0) is 30.7 Å². The monoisotopic (exact) mass is 513 g/mol. The first kappa shape index (κ1) is 23.7. The van der Waals surface area contributed by atoms with Crippen LogP contribution in [0.25, 0.3) is 16.6 Å². The van der Waals surface area contributed by atoms with Crippen molar-refractivity contribution in [2.75, 3.05) is 18.5 Å². The Balaban J connectivity index is 1.26. The smallest absolute Gasteiger partial charge is 0.433 e. The van der Waals surface area contributed by atoms with E-state index in [1.54, 1.807) is 23.0 Å². The first-order valence-electron chi connectivity index (χ1n) is 12.1. The quantitative estimate of drug-likeness (QED) is 0.415. The van der Waals surface area contributed by atoms with Gasteiger partial charge in [0.15, 0.2) is 11.6 Å². The second-order valence-electron chi connectivity index (χ2n) is 9.61. The van der Waals surface area contributed by atoms with Crippen LogP contribution in [-0.2, 0) is 18.0 Å². The first-order chi connectivity index (χ1) is 17.7. The second kappa shape index (κ2) is 9.03. The first-order valence-corrected chi connectivity index (χ1v) is 12.1. The van der Waals surface area contributed by atoms with E-state index >= 15 is 0 Å². The average molecular weight is 514 g/mol. The van der Waals surface area contributed by atoms with Crippen LogP contribution >= 0.6 is 0 Å². The minimum absolute atomic E-state index is 0.0658. The van der Waals surface area contributed by atoms with Crippen molar-refractivity contribution in [2.45, 2.75) is 44.1 Å². The number of fused-ring (bicyclic) bond motifs is 3. The van der Waals surface area contributed by atoms with Crippen LogP contribution in [0.2, 0.25) is 0 Å². The average Bonchev–Trinajstić information content (AvgIpc) is 3.41. The summed E-state index contributed by atoms with van der Waals surface area (Å²) in [5.41, 5.74) is 2.64. The lowest BCUT2D eigenvalue weighted by Crippen LogP contribution is -2.56. The van der Waals surface area contributed by atoms with Crippen molar-refractivity contribution in [1.82, 2.24) is 29.7 Å². The molecule has 3 atom stereocenters. The Hall–Kier alpha value is -3.64. The SMILES string of the molecule is Cc1cc(-c2ccn3nc(Nc4cc(C(F)(F)F)n(C)n4)cc3c2)c(O[C@H]2C[C@H]3COC[C@@H](C2)N3)cn1. The molecule has 2 saturated heterocycles. The zero-order chi connectivity index (χ0) is 25.7. The second-order valence-corrected chi connectivity index (χ2v) is 9.61. The molecule has 2 fully saturated rings. The molecule has 2 aliphatic rings. The molecule has 0 amide bonds. The van der Waals surface area contributed by atoms with E-state index in [4.69, 9.17) is 9.47 Å². The van der Waals surface area contributed by atoms with Crippen LogP contribution in [0, 0.1) is 6.92 Å². The van der Waals surface area contributed by atoms with E-state index in [9.17, 15) is 13.2 Å². The summed E-state index contributed by atoms with van der Waals surface area (Å²) in [4.78, 5) is 4.46. The fourth-order valence-electron chi connectivity index (χ4n) is 5.08. The molecule has 0 aliphatic carbocycles. The molecule has 37 heavy (non-hydrogen) atoms. The van der Waals surface area contributed by atoms with E-state index in [2.05, 4.69) is 25.8 Å². The van der Waals surface area contributed by atoms with Crippen LogP contribution in [0.15, 0.2) is 42.7 Å². The van der Waals surface area contributed by atoms with E-state index in [1.165, 1.54) is 7.05 Å². The van der Waals surface area contributed by atoms with Crippen LogP contribution in [0.5, 0.6) is 5.75 Å². The maximum atomic E-state index is 13.1. The number of halogens is 3. The molecule has 2 N–H and O–H groups in total. The van der Waals surface area contributed by atoms with Gasteiger partial charge in [0.05, 0.1) is 24.9 Å². The molecule has 9 nitrogen and oxygen atoms in total. The summed E-state index contributed by atoms with van der Waals surface area (Å²) in [5, 5.41) is 14.8. The predicted octanol–water partition coefficient (Wildman–Crippen LogP) is 4.10. The third kappa shape index (κ3) is 4.86. The summed E-state index contributed by atoms with van der Waals surface area (Å²) in [6, 6.07) is 9.19. The summed E-state index contributed by atoms with van der Waals surface area (Å²) in [5.74, 6) is 1.16. The lowest BCUT2D eigenvalue weighted by molar-refractivity contribution is -0.143. The Morgan fingerprint density at radius 1 is 1.08 bits per heavy atom. The summed E-state index contributed by atoms with van der Waals surface area (Å²) >= 11 is 0. The van der Waals surface area contributed by atoms with Crippen LogP contribution in [0.3, 0.4) is 0 Å². The largest absolute Gasteiger partial charge is 0.488 e. The molecule has 0 radical (unpaired) electrons. The molecule has 12 heteroatoms. The van der Waals surface area contributed by atoms with Crippen molar-refractivity contribution >= 4 is 17.2 Å². The van der Waals surface area contributed by atoms with Crippen LogP contribution in [0.1, 0.15) is 24.2 Å². The minimum Gasteiger partial charge on any atom is -0.488 e. The van der Waals surface area contributed by atoms with Crippen molar-refractivity contribution in [3.05, 3.63) is 54.1 Å². The topological polar surface area (TPSA) is 90.5 Å². The van der Waals surface area contributed by atoms with E-state index in [1.807, 2.05) is 25.1 Å². The highest BCUT2D eigenvalue weighted by Crippen LogP contribution is 2.34. The van der Waals surface area contributed by atoms with E-state index in [0.717, 1.165) is 45.9 Å². The predicted molar refractivity (Wildman–Crippen MR) is 130 cm³/mol. The van der Waals surface area contributed by atoms with Gasteiger partial charge >= 0.3 is 6.18 Å². The van der Waals surface area contributed by atoms with Crippen LogP contribution in [-0.4, -0.2) is 55.8 Å². The minimum atomic E-state index is -4.49. The number of piperidine rings is 1. The highest BCUT2D eigenvalue weighted by atomic mass is 19.4. The number of nitrogens with zero attached hydrogens (tertiary/aromatic N) is 5. The summed E-state index contributed by atoms with van der Waals surface area (Å²) in [7, 11) is 1.25. The molecule has 194 valence electrons. The molecular weight excluding hydrogens is 487 g/mol. The molecule has 6 heterocycles. The summed E-state index contributed by atoms with van der Waals surface area (Å²) < 4.78 is 53.9. The van der Waals surface area contributed by atoms with Crippen LogP contribution in [0.4, 0.5) is 24.8 Å². The van der Waals surface area contributed by atoms with Crippen molar-refractivity contribution in [3.63, 3.8) is 0 Å². The van der Waals surface area contributed by atoms with Gasteiger partial charge in [0, 0.05) is 61.6 Å². The lowest BCUT2D eigenvalue weighted by atomic mass is 9.94. The molecule has 4 aromatic rings. The van der Waals surface area contributed by atoms with Crippen molar-refractivity contribution < 1.29 is 22.6 Å². The molecule has 0 aromatic carbocycles. The zero-order valence-corrected chi connectivity index (χ0v) is 20.3. The Bertz CT molecular complexity index is 1440. The highest BCUT2D eigenvalue weighted by Gasteiger charge is 2.35. The number of hydrogen-bond donors (Lipinski definition) is 2. The Kier molecular flexibility index (Phi) is 5.80. The van der Waals surface area contributed by atoms with Crippen molar-refractivity contribution in [2.24, 2.45) is 7.05 Å². The number of aromatic nitrogens is 5. The van der Waals surface area contributed by atoms with Gasteiger partial charge in [-0.2, -0.15) is 23.4 Å². The number of ether oxygens (including phenoxy) is 2. The number of hydrogen-bond acceptors (Lipinski definition) is 7. The third-order valence-electron chi connectivity index (χ3n) is 6.70. The number of morpholine rings is 1. The zero-order valence-electron chi connectivity index (χ0n) is 20.3. The molecule has 0 saturated carbocycles. The number of alkyl halides is 3. The normalized spacial score (nSPS) is 21.8. The molecule has 6 rings (SSSR count). The van der Waals surface area contributed by atoms with Crippen molar-refractivity contribution in [3.8, 4) is 16.9 Å². The van der Waals surface area contributed by atoms with Gasteiger partial charge in [0.1, 0.15) is 17.5 Å². The van der Waals surface area contributed by atoms with E-state index in [-0.39, 0.29) is 11.9 Å². The van der Waals surface area contributed by atoms with Gasteiger partial charge < -0.3 is 20.1 Å². The number of rotatable bonds is 5. The Morgan fingerprint density at radius 2 is 1.84 bits per heavy atom. The number of anilines is 2. The van der Waals surface area contributed by atoms with Crippen LogP contribution < -0.4 is 15.4 Å². The lowest BCUT2D eigenvalue weighted by Gasteiger charge is -2.40. The van der Waals surface area contributed by atoms with Gasteiger partial charge in [0.25, 0.3) is 0 Å². The van der Waals surface area contributed by atoms with Crippen molar-refractivity contribution in [1.29, 1.82) is 0 Å². The van der Waals surface area contributed by atoms with Gasteiger partial charge in [0.2, 0.25) is 0 Å². The standard InChI is InChI=1S/C25H26F3N7O2/c1-14-5-20(21(11-29-14)37-19-7-16-12-36-13-17(8-19)30-16)15-3-4-35-18(6-15)9-23(33-35)31-24-10-22(25(26,27)28)34(2)32-24/h3-6,9-11,16-17,19,30H,7-8,12-13H2,1-2H3,(H,31,32,33)/t16-,17+,19-. The van der Waals surface area contributed by atoms with E-state index < -0.39 is 11.9 Å². The third-order valence-corrected chi connectivity index (χ3v) is 6.70. The maximum absolute atomic E-state index is 13.1. The maximum Gasteiger partial charge on any atom is 0.433 e. The fraction of sp³-hybridized carbons (Fsp3) is 0.400. The van der Waals surface area contributed by atoms with Gasteiger partial charge in [-0.25, -0.2) is 4.52 Å². The molecule has 2 aliphatic heterocycles. The summed E-state index contributed by atoms with van der Waals surface area (Å²) in [6.45, 7) is 3.32. The Morgan fingerprint density at radius 3 is 2.57 bits per heavy atom. The number of aryl methyl sites for hydroxylation is 2. The van der Waals surface area contributed by atoms with Gasteiger partial charge in [-0.15, -0.1) is 0 Å². The summed E-state index contributed by atoms with van der Waals surface area (Å²) in [6.07, 6.45) is 0.887. The number of nitrogens with one attached hydrogen (secondary N) is 2.